The summed E-state index contributed by atoms with van der Waals surface area (Å²) in [6.45, 7) is 6.87. The molecule has 3 rings (SSSR count). The number of ether oxygens (including phenoxy) is 2. The van der Waals surface area contributed by atoms with Crippen molar-refractivity contribution in [3.63, 3.8) is 0 Å². The highest BCUT2D eigenvalue weighted by atomic mass is 16.5. The minimum Gasteiger partial charge on any atom is -0.464 e. The highest BCUT2D eigenvalue weighted by Crippen LogP contribution is 2.34. The summed E-state index contributed by atoms with van der Waals surface area (Å²) in [6, 6.07) is 2.26. The molecule has 2 aromatic heterocycles. The zero-order chi connectivity index (χ0) is 21.0. The van der Waals surface area contributed by atoms with Gasteiger partial charge in [-0.25, -0.2) is 9.78 Å². The first-order chi connectivity index (χ1) is 14.0. The Morgan fingerprint density at radius 1 is 1.38 bits per heavy atom. The van der Waals surface area contributed by atoms with Crippen LogP contribution >= 0.6 is 0 Å². The molecule has 1 aliphatic rings. The van der Waals surface area contributed by atoms with Crippen LogP contribution < -0.4 is 10.6 Å². The highest BCUT2D eigenvalue weighted by molar-refractivity contribution is 6.10. The number of nitrogens with zero attached hydrogens (tertiary/aromatic N) is 2. The number of amides is 1. The summed E-state index contributed by atoms with van der Waals surface area (Å²) in [6.07, 6.45) is 5.66. The number of fused-ring (bicyclic) bond motifs is 1. The molecule has 8 heteroatoms. The van der Waals surface area contributed by atoms with Crippen LogP contribution in [0.25, 0.3) is 11.0 Å². The lowest BCUT2D eigenvalue weighted by molar-refractivity contribution is -0.114. The second-order valence-electron chi connectivity index (χ2n) is 7.39. The normalized spacial score (nSPS) is 16.4. The highest BCUT2D eigenvalue weighted by Gasteiger charge is 2.28. The Morgan fingerprint density at radius 3 is 2.72 bits per heavy atom. The Balaban J connectivity index is 2.14. The van der Waals surface area contributed by atoms with Crippen molar-refractivity contribution in [2.45, 2.75) is 65.1 Å². The molecule has 0 bridgehead atoms. The lowest BCUT2D eigenvalue weighted by atomic mass is 10.1. The fraction of sp³-hybridized carbons (Fsp3) is 0.571. The molecule has 0 unspecified atom stereocenters. The third-order valence-corrected chi connectivity index (χ3v) is 5.34. The van der Waals surface area contributed by atoms with E-state index in [9.17, 15) is 9.59 Å². The zero-order valence-corrected chi connectivity index (χ0v) is 17.6. The van der Waals surface area contributed by atoms with E-state index in [0.29, 0.717) is 41.6 Å². The smallest absolute Gasteiger partial charge is 0.356 e. The summed E-state index contributed by atoms with van der Waals surface area (Å²) >= 11 is 0. The van der Waals surface area contributed by atoms with Crippen LogP contribution in [0.15, 0.2) is 12.3 Å². The minimum atomic E-state index is -0.515. The van der Waals surface area contributed by atoms with Crippen LogP contribution in [0.1, 0.15) is 56.9 Å². The van der Waals surface area contributed by atoms with Gasteiger partial charge in [0.2, 0.25) is 5.91 Å². The van der Waals surface area contributed by atoms with Crippen LogP contribution in [-0.4, -0.2) is 47.3 Å². The minimum absolute atomic E-state index is 0.00310. The molecular weight excluding hydrogens is 372 g/mol. The number of methoxy groups -OCH3 is 1. The van der Waals surface area contributed by atoms with Gasteiger partial charge in [-0.1, -0.05) is 13.8 Å². The molecule has 8 nitrogen and oxygen atoms in total. The zero-order valence-electron chi connectivity index (χ0n) is 17.6. The topological polar surface area (TPSA) is 94.5 Å². The molecule has 29 heavy (non-hydrogen) atoms. The van der Waals surface area contributed by atoms with E-state index in [1.807, 2.05) is 10.6 Å². The lowest BCUT2D eigenvalue weighted by Gasteiger charge is -2.16. The fourth-order valence-electron chi connectivity index (χ4n) is 3.81. The Bertz CT molecular complexity index is 882. The maximum atomic E-state index is 12.7. The number of anilines is 2. The number of carbonyl (C=O) groups excluding carboxylic acids is 2. The summed E-state index contributed by atoms with van der Waals surface area (Å²) in [4.78, 5) is 29.2. The molecule has 158 valence electrons. The first-order valence-corrected chi connectivity index (χ1v) is 10.2. The van der Waals surface area contributed by atoms with E-state index in [1.165, 1.54) is 14.0 Å². The van der Waals surface area contributed by atoms with E-state index in [0.717, 1.165) is 31.4 Å². The van der Waals surface area contributed by atoms with Gasteiger partial charge in [-0.05, 0) is 31.7 Å². The molecule has 0 spiro atoms. The maximum absolute atomic E-state index is 12.7. The average molecular weight is 402 g/mol. The molecule has 2 N–H and O–H groups in total. The summed E-state index contributed by atoms with van der Waals surface area (Å²) in [7, 11) is 1.33. The molecule has 1 fully saturated rings. The average Bonchev–Trinajstić information content (AvgIpc) is 3.32. The third kappa shape index (κ3) is 4.53. The SMILES string of the molecule is CCC(CC)Nc1cnc2c(c1)c(NC(C)=O)c(C(=O)OC)n2C[C@@H]1CCCO1. The molecule has 0 aromatic carbocycles. The number of rotatable bonds is 8. The Morgan fingerprint density at radius 2 is 2.14 bits per heavy atom. The van der Waals surface area contributed by atoms with Gasteiger partial charge in [-0.2, -0.15) is 0 Å². The number of hydrogen-bond donors (Lipinski definition) is 2. The number of esters is 1. The summed E-state index contributed by atoms with van der Waals surface area (Å²) in [5.74, 6) is -0.774. The predicted molar refractivity (Wildman–Crippen MR) is 112 cm³/mol. The van der Waals surface area contributed by atoms with Gasteiger partial charge in [0, 0.05) is 25.0 Å². The van der Waals surface area contributed by atoms with E-state index >= 15 is 0 Å². The van der Waals surface area contributed by atoms with Gasteiger partial charge in [0.25, 0.3) is 0 Å². The Labute approximate surface area is 171 Å². The first kappa shape index (κ1) is 21.1. The second kappa shape index (κ2) is 9.26. The number of pyridine rings is 1. The van der Waals surface area contributed by atoms with Crippen molar-refractivity contribution in [2.75, 3.05) is 24.4 Å². The molecule has 1 atom stereocenters. The standard InChI is InChI=1S/C21H30N4O4/c1-5-14(6-2)24-15-10-17-18(23-13(3)26)19(21(27)28-4)25(20(17)22-11-15)12-16-8-7-9-29-16/h10-11,14,16,24H,5-9,12H2,1-4H3,(H,23,26)/t16-/m0/s1. The quantitative estimate of drug-likeness (QED) is 0.656. The molecule has 2 aromatic rings. The largest absolute Gasteiger partial charge is 0.464 e. The second-order valence-corrected chi connectivity index (χ2v) is 7.39. The van der Waals surface area contributed by atoms with Gasteiger partial charge in [0.15, 0.2) is 5.69 Å². The van der Waals surface area contributed by atoms with E-state index < -0.39 is 5.97 Å². The summed E-state index contributed by atoms with van der Waals surface area (Å²) in [5.41, 5.74) is 2.20. The predicted octanol–water partition coefficient (Wildman–Crippen LogP) is 3.56. The number of aromatic nitrogens is 2. The van der Waals surface area contributed by atoms with Crippen molar-refractivity contribution in [3.8, 4) is 0 Å². The Hall–Kier alpha value is -2.61. The van der Waals surface area contributed by atoms with Crippen molar-refractivity contribution in [3.05, 3.63) is 18.0 Å². The van der Waals surface area contributed by atoms with Gasteiger partial charge in [0.05, 0.1) is 37.3 Å². The molecule has 3 heterocycles. The molecular formula is C21H30N4O4. The summed E-state index contributed by atoms with van der Waals surface area (Å²) in [5, 5.41) is 6.99. The molecule has 0 saturated carbocycles. The third-order valence-electron chi connectivity index (χ3n) is 5.34. The number of hydrogen-bond acceptors (Lipinski definition) is 6. The fourth-order valence-corrected chi connectivity index (χ4v) is 3.81. The molecule has 1 amide bonds. The molecule has 1 saturated heterocycles. The van der Waals surface area contributed by atoms with Gasteiger partial charge >= 0.3 is 5.97 Å². The van der Waals surface area contributed by atoms with Crippen LogP contribution in [0.2, 0.25) is 0 Å². The van der Waals surface area contributed by atoms with Crippen molar-refractivity contribution in [2.24, 2.45) is 0 Å². The monoisotopic (exact) mass is 402 g/mol. The van der Waals surface area contributed by atoms with E-state index in [1.54, 1.807) is 6.20 Å². The van der Waals surface area contributed by atoms with Crippen molar-refractivity contribution in [1.82, 2.24) is 9.55 Å². The molecule has 0 radical (unpaired) electrons. The Kier molecular flexibility index (Phi) is 6.74. The molecule has 1 aliphatic heterocycles. The van der Waals surface area contributed by atoms with E-state index in [4.69, 9.17) is 9.47 Å². The van der Waals surface area contributed by atoms with Crippen LogP contribution in [0, 0.1) is 0 Å². The van der Waals surface area contributed by atoms with Crippen molar-refractivity contribution >= 4 is 34.3 Å². The van der Waals surface area contributed by atoms with Crippen LogP contribution in [0.4, 0.5) is 11.4 Å². The van der Waals surface area contributed by atoms with Gasteiger partial charge in [-0.15, -0.1) is 0 Å². The van der Waals surface area contributed by atoms with Crippen LogP contribution in [0.5, 0.6) is 0 Å². The van der Waals surface area contributed by atoms with Crippen molar-refractivity contribution < 1.29 is 19.1 Å². The maximum Gasteiger partial charge on any atom is 0.356 e. The first-order valence-electron chi connectivity index (χ1n) is 10.2. The van der Waals surface area contributed by atoms with E-state index in [2.05, 4.69) is 29.5 Å². The van der Waals surface area contributed by atoms with Gasteiger partial charge in [-0.3, -0.25) is 4.79 Å². The van der Waals surface area contributed by atoms with E-state index in [-0.39, 0.29) is 12.0 Å². The van der Waals surface area contributed by atoms with Gasteiger partial charge in [0.1, 0.15) is 5.65 Å². The number of carbonyl (C=O) groups is 2. The number of nitrogens with one attached hydrogen (secondary N) is 2. The van der Waals surface area contributed by atoms with Crippen LogP contribution in [0.3, 0.4) is 0 Å². The summed E-state index contributed by atoms with van der Waals surface area (Å²) < 4.78 is 12.6. The van der Waals surface area contributed by atoms with Crippen LogP contribution in [-0.2, 0) is 20.8 Å². The van der Waals surface area contributed by atoms with Gasteiger partial charge < -0.3 is 24.7 Å². The molecule has 0 aliphatic carbocycles. The van der Waals surface area contributed by atoms with Crippen molar-refractivity contribution in [1.29, 1.82) is 0 Å². The lowest BCUT2D eigenvalue weighted by Crippen LogP contribution is -2.21.